The summed E-state index contributed by atoms with van der Waals surface area (Å²) in [5.74, 6) is 0.337. The number of anilines is 1. The number of piperazine rings is 1. The molecule has 3 rings (SSSR count). The van der Waals surface area contributed by atoms with Gasteiger partial charge in [-0.25, -0.2) is 0 Å². The lowest BCUT2D eigenvalue weighted by atomic mass is 10.2. The van der Waals surface area contributed by atoms with Crippen LogP contribution >= 0.6 is 0 Å². The molecule has 1 aliphatic carbocycles. The Morgan fingerprint density at radius 1 is 1.12 bits per heavy atom. The van der Waals surface area contributed by atoms with Crippen LogP contribution in [0.1, 0.15) is 19.8 Å². The summed E-state index contributed by atoms with van der Waals surface area (Å²) in [4.78, 5) is 28.4. The minimum atomic E-state index is -2.87. The molecule has 1 aromatic carbocycles. The maximum Gasteiger partial charge on any atom is 0.387 e. The molecule has 1 N–H and O–H groups in total. The summed E-state index contributed by atoms with van der Waals surface area (Å²) in [5, 5.41) is 2.78. The van der Waals surface area contributed by atoms with E-state index in [0.717, 1.165) is 12.8 Å². The Bertz CT molecular complexity index is 642. The van der Waals surface area contributed by atoms with Crippen molar-refractivity contribution < 1.29 is 23.1 Å². The van der Waals surface area contributed by atoms with E-state index in [1.807, 2.05) is 16.7 Å². The largest absolute Gasteiger partial charge is 0.435 e. The summed E-state index contributed by atoms with van der Waals surface area (Å²) < 4.78 is 28.6. The van der Waals surface area contributed by atoms with Crippen molar-refractivity contribution in [1.29, 1.82) is 0 Å². The van der Waals surface area contributed by atoms with Crippen molar-refractivity contribution in [3.05, 3.63) is 24.3 Å². The average Bonchev–Trinajstić information content (AvgIpc) is 3.47. The van der Waals surface area contributed by atoms with Crippen molar-refractivity contribution >= 4 is 17.5 Å². The first-order chi connectivity index (χ1) is 12.4. The van der Waals surface area contributed by atoms with Crippen molar-refractivity contribution in [2.75, 3.05) is 31.5 Å². The molecule has 1 saturated heterocycles. The molecule has 2 aliphatic rings. The summed E-state index contributed by atoms with van der Waals surface area (Å²) in [6.45, 7) is 1.56. The fourth-order valence-corrected chi connectivity index (χ4v) is 3.05. The van der Waals surface area contributed by atoms with E-state index in [2.05, 4.69) is 10.1 Å². The second-order valence-corrected chi connectivity index (χ2v) is 6.70. The smallest absolute Gasteiger partial charge is 0.387 e. The number of halogens is 2. The number of hydrogen-bond acceptors (Lipinski definition) is 4. The van der Waals surface area contributed by atoms with Crippen LogP contribution in [0.5, 0.6) is 5.75 Å². The molecule has 0 unspecified atom stereocenters. The molecule has 0 spiro atoms. The minimum absolute atomic E-state index is 0.0440. The highest BCUT2D eigenvalue weighted by molar-refractivity contribution is 5.94. The van der Waals surface area contributed by atoms with Crippen LogP contribution in [0.2, 0.25) is 0 Å². The Morgan fingerprint density at radius 2 is 1.73 bits per heavy atom. The number of carbonyl (C=O) groups excluding carboxylic acids is 2. The Balaban J connectivity index is 1.47. The van der Waals surface area contributed by atoms with E-state index in [1.54, 1.807) is 0 Å². The standard InChI is InChI=1S/C18H23F2N3O3/c1-12(22-8-10-23(11-9-22)17(25)13-2-3-13)16(24)21-14-4-6-15(7-5-14)26-18(19)20/h4-7,12-13,18H,2-3,8-11H2,1H3,(H,21,24)/t12-/m0/s1. The van der Waals surface area contributed by atoms with Crippen molar-refractivity contribution in [3.8, 4) is 5.75 Å². The molecular weight excluding hydrogens is 344 g/mol. The summed E-state index contributed by atoms with van der Waals surface area (Å²) in [6.07, 6.45) is 2.00. The van der Waals surface area contributed by atoms with Crippen LogP contribution in [-0.4, -0.2) is 60.4 Å². The van der Waals surface area contributed by atoms with Crippen LogP contribution in [0.25, 0.3) is 0 Å². The third kappa shape index (κ3) is 4.69. The van der Waals surface area contributed by atoms with Crippen molar-refractivity contribution in [1.82, 2.24) is 9.80 Å². The van der Waals surface area contributed by atoms with E-state index in [4.69, 9.17) is 0 Å². The van der Waals surface area contributed by atoms with Gasteiger partial charge in [0.05, 0.1) is 6.04 Å². The average molecular weight is 367 g/mol. The molecule has 142 valence electrons. The van der Waals surface area contributed by atoms with Gasteiger partial charge in [-0.3, -0.25) is 14.5 Å². The van der Waals surface area contributed by atoms with E-state index in [1.165, 1.54) is 24.3 Å². The van der Waals surface area contributed by atoms with Gasteiger partial charge in [-0.15, -0.1) is 0 Å². The number of hydrogen-bond donors (Lipinski definition) is 1. The van der Waals surface area contributed by atoms with Crippen LogP contribution in [0.4, 0.5) is 14.5 Å². The van der Waals surface area contributed by atoms with Crippen LogP contribution < -0.4 is 10.1 Å². The van der Waals surface area contributed by atoms with Gasteiger partial charge in [0.15, 0.2) is 0 Å². The van der Waals surface area contributed by atoms with Crippen LogP contribution in [-0.2, 0) is 9.59 Å². The first-order valence-corrected chi connectivity index (χ1v) is 8.82. The highest BCUT2D eigenvalue weighted by Gasteiger charge is 2.35. The lowest BCUT2D eigenvalue weighted by Gasteiger charge is -2.37. The van der Waals surface area contributed by atoms with Gasteiger partial charge in [0.2, 0.25) is 11.8 Å². The fourth-order valence-electron chi connectivity index (χ4n) is 3.05. The zero-order valence-corrected chi connectivity index (χ0v) is 14.7. The number of carbonyl (C=O) groups is 2. The molecule has 2 amide bonds. The Kier molecular flexibility index (Phi) is 5.70. The topological polar surface area (TPSA) is 61.9 Å². The lowest BCUT2D eigenvalue weighted by Crippen LogP contribution is -2.54. The van der Waals surface area contributed by atoms with Gasteiger partial charge in [0.1, 0.15) is 5.75 Å². The number of amides is 2. The monoisotopic (exact) mass is 367 g/mol. The van der Waals surface area contributed by atoms with Gasteiger partial charge in [-0.05, 0) is 44.0 Å². The number of nitrogens with one attached hydrogen (secondary N) is 1. The molecule has 6 nitrogen and oxygen atoms in total. The first-order valence-electron chi connectivity index (χ1n) is 8.82. The first kappa shape index (κ1) is 18.6. The van der Waals surface area contributed by atoms with Crippen LogP contribution in [0.3, 0.4) is 0 Å². The van der Waals surface area contributed by atoms with E-state index < -0.39 is 6.61 Å². The SMILES string of the molecule is C[C@@H](C(=O)Nc1ccc(OC(F)F)cc1)N1CCN(C(=O)C2CC2)CC1. The number of benzene rings is 1. The van der Waals surface area contributed by atoms with E-state index in [9.17, 15) is 18.4 Å². The predicted octanol–water partition coefficient (Wildman–Crippen LogP) is 2.17. The Hall–Kier alpha value is -2.22. The summed E-state index contributed by atoms with van der Waals surface area (Å²) in [7, 11) is 0. The number of ether oxygens (including phenoxy) is 1. The Labute approximate surface area is 151 Å². The fraction of sp³-hybridized carbons (Fsp3) is 0.556. The molecule has 1 aliphatic heterocycles. The van der Waals surface area contributed by atoms with Crippen molar-refractivity contribution in [3.63, 3.8) is 0 Å². The van der Waals surface area contributed by atoms with Gasteiger partial charge in [0.25, 0.3) is 0 Å². The molecule has 1 saturated carbocycles. The Morgan fingerprint density at radius 3 is 2.27 bits per heavy atom. The second kappa shape index (κ2) is 7.99. The third-order valence-corrected chi connectivity index (χ3v) is 4.83. The molecule has 2 fully saturated rings. The zero-order valence-electron chi connectivity index (χ0n) is 14.7. The quantitative estimate of drug-likeness (QED) is 0.837. The molecule has 0 aromatic heterocycles. The van der Waals surface area contributed by atoms with Gasteiger partial charge < -0.3 is 15.0 Å². The molecule has 1 aromatic rings. The predicted molar refractivity (Wildman–Crippen MR) is 92.0 cm³/mol. The molecule has 1 atom stereocenters. The molecule has 26 heavy (non-hydrogen) atoms. The summed E-state index contributed by atoms with van der Waals surface area (Å²) in [5.41, 5.74) is 0.519. The molecular formula is C18H23F2N3O3. The lowest BCUT2D eigenvalue weighted by molar-refractivity contribution is -0.135. The zero-order chi connectivity index (χ0) is 18.7. The normalized spacial score (nSPS) is 19.3. The van der Waals surface area contributed by atoms with Crippen LogP contribution in [0, 0.1) is 5.92 Å². The second-order valence-electron chi connectivity index (χ2n) is 6.70. The molecule has 0 bridgehead atoms. The van der Waals surface area contributed by atoms with Gasteiger partial charge >= 0.3 is 6.61 Å². The summed E-state index contributed by atoms with van der Waals surface area (Å²) in [6, 6.07) is 5.47. The third-order valence-electron chi connectivity index (χ3n) is 4.83. The van der Waals surface area contributed by atoms with E-state index in [-0.39, 0.29) is 29.5 Å². The molecule has 1 heterocycles. The number of nitrogens with zero attached hydrogens (tertiary/aromatic N) is 2. The highest BCUT2D eigenvalue weighted by atomic mass is 19.3. The van der Waals surface area contributed by atoms with Crippen molar-refractivity contribution in [2.45, 2.75) is 32.4 Å². The van der Waals surface area contributed by atoms with E-state index >= 15 is 0 Å². The van der Waals surface area contributed by atoms with Crippen molar-refractivity contribution in [2.24, 2.45) is 5.92 Å². The highest BCUT2D eigenvalue weighted by Crippen LogP contribution is 2.31. The molecule has 8 heteroatoms. The minimum Gasteiger partial charge on any atom is -0.435 e. The maximum absolute atomic E-state index is 12.4. The van der Waals surface area contributed by atoms with Gasteiger partial charge in [-0.1, -0.05) is 0 Å². The number of alkyl halides is 2. The van der Waals surface area contributed by atoms with Crippen LogP contribution in [0.15, 0.2) is 24.3 Å². The summed E-state index contributed by atoms with van der Waals surface area (Å²) >= 11 is 0. The molecule has 0 radical (unpaired) electrons. The maximum atomic E-state index is 12.4. The van der Waals surface area contributed by atoms with Gasteiger partial charge in [-0.2, -0.15) is 8.78 Å². The number of rotatable bonds is 6. The van der Waals surface area contributed by atoms with Gasteiger partial charge in [0, 0.05) is 37.8 Å². The van der Waals surface area contributed by atoms with E-state index in [0.29, 0.717) is 31.9 Å².